The second-order valence-corrected chi connectivity index (χ2v) is 23.7. The summed E-state index contributed by atoms with van der Waals surface area (Å²) in [5, 5.41) is 12.5. The molecule has 3 heterocycles. The van der Waals surface area contributed by atoms with Gasteiger partial charge in [0, 0.05) is 55.1 Å². The van der Waals surface area contributed by atoms with E-state index >= 15 is 0 Å². The summed E-state index contributed by atoms with van der Waals surface area (Å²) in [6.45, 7) is 9.31. The van der Waals surface area contributed by atoms with Gasteiger partial charge in [-0.2, -0.15) is 0 Å². The summed E-state index contributed by atoms with van der Waals surface area (Å²) in [7, 11) is -1.52. The van der Waals surface area contributed by atoms with Gasteiger partial charge in [0.2, 0.25) is 0 Å². The summed E-state index contributed by atoms with van der Waals surface area (Å²) in [4.78, 5) is 4.66. The number of benzene rings is 10. The largest absolute Gasteiger partial charge is 0.456 e. The van der Waals surface area contributed by atoms with Crippen molar-refractivity contribution in [3.63, 3.8) is 0 Å². The van der Waals surface area contributed by atoms with E-state index in [1.165, 1.54) is 10.8 Å². The van der Waals surface area contributed by atoms with Crippen LogP contribution in [0.15, 0.2) is 207 Å². The van der Waals surface area contributed by atoms with Crippen LogP contribution in [0.4, 0.5) is 34.1 Å². The number of nitrogens with zero attached hydrogens (tertiary/aromatic N) is 2. The molecular weight excluding hydrogens is 825 g/mol. The lowest BCUT2D eigenvalue weighted by Gasteiger charge is -2.27. The maximum atomic E-state index is 6.66. The lowest BCUT2D eigenvalue weighted by molar-refractivity contribution is 0.668. The van der Waals surface area contributed by atoms with Gasteiger partial charge in [-0.15, -0.1) is 0 Å². The third-order valence-electron chi connectivity index (χ3n) is 13.4. The van der Waals surface area contributed by atoms with Gasteiger partial charge in [0.25, 0.3) is 0 Å². The summed E-state index contributed by atoms with van der Waals surface area (Å²) >= 11 is 0. The van der Waals surface area contributed by atoms with Crippen molar-refractivity contribution in [2.24, 2.45) is 0 Å². The zero-order valence-corrected chi connectivity index (χ0v) is 38.1. The fourth-order valence-electron chi connectivity index (χ4n) is 9.99. The molecule has 3 aromatic heterocycles. The molecular formula is C60H44N2O3Si. The monoisotopic (exact) mass is 868 g/mol. The minimum absolute atomic E-state index is 0.860. The van der Waals surface area contributed by atoms with Crippen LogP contribution in [0.25, 0.3) is 87.4 Å². The van der Waals surface area contributed by atoms with Crippen LogP contribution in [0.3, 0.4) is 0 Å². The van der Waals surface area contributed by atoms with Crippen molar-refractivity contribution in [2.75, 3.05) is 9.80 Å². The minimum atomic E-state index is -1.52. The zero-order valence-electron chi connectivity index (χ0n) is 37.1. The first kappa shape index (κ1) is 38.4. The van der Waals surface area contributed by atoms with Crippen LogP contribution >= 0.6 is 0 Å². The maximum Gasteiger partial charge on any atom is 0.159 e. The third-order valence-corrected chi connectivity index (χ3v) is 15.5. The summed E-state index contributed by atoms with van der Waals surface area (Å²) in [6, 6.07) is 69.7. The molecule has 0 saturated heterocycles. The predicted octanol–water partition coefficient (Wildman–Crippen LogP) is 17.5. The SMILES string of the molecule is Cc1ccc(N(c2ccc3cc4oc5cc6ccc(N(c7ccc([Si](C)(C)C)cc7)c7cccc8c7oc7ccccc78)cc6cc5c4cc3c2)c2cccc3c2oc2ccccc23)cc1. The van der Waals surface area contributed by atoms with E-state index in [0.29, 0.717) is 0 Å². The average molecular weight is 869 g/mol. The van der Waals surface area contributed by atoms with E-state index in [1.54, 1.807) is 0 Å². The van der Waals surface area contributed by atoms with E-state index < -0.39 is 8.07 Å². The van der Waals surface area contributed by atoms with Crippen LogP contribution in [0, 0.1) is 6.92 Å². The summed E-state index contributed by atoms with van der Waals surface area (Å²) in [5.41, 5.74) is 12.6. The van der Waals surface area contributed by atoms with E-state index in [-0.39, 0.29) is 0 Å². The molecule has 0 aliphatic carbocycles. The number of anilines is 6. The van der Waals surface area contributed by atoms with E-state index in [1.807, 2.05) is 18.2 Å². The standard InChI is InChI=1S/C60H44N2O3Si/c1-37-19-23-42(24-20-37)61(53-15-9-13-49-47-11-5-7-17-55(47)64-59(49)53)44-25-21-38-35-57-51(33-40(38)31-44)52-34-41-32-45(26-22-39(41)36-58(52)63-57)62(43-27-29-46(30-28-43)66(2,3)4)54-16-10-14-50-48-12-6-8-18-56(48)65-60(50)54/h5-36H,1-4H3. The summed E-state index contributed by atoms with van der Waals surface area (Å²) in [6.07, 6.45) is 0. The highest BCUT2D eigenvalue weighted by Crippen LogP contribution is 2.46. The second kappa shape index (κ2) is 14.5. The molecule has 10 aromatic carbocycles. The highest BCUT2D eigenvalue weighted by molar-refractivity contribution is 6.88. The predicted molar refractivity (Wildman–Crippen MR) is 280 cm³/mol. The molecule has 0 N–H and O–H groups in total. The molecule has 0 aliphatic rings. The Morgan fingerprint density at radius 3 is 1.26 bits per heavy atom. The number of aryl methyl sites for hydroxylation is 1. The van der Waals surface area contributed by atoms with E-state index in [9.17, 15) is 0 Å². The molecule has 316 valence electrons. The lowest BCUT2D eigenvalue weighted by atomic mass is 10.0. The van der Waals surface area contributed by atoms with Gasteiger partial charge in [0.15, 0.2) is 11.2 Å². The van der Waals surface area contributed by atoms with Crippen molar-refractivity contribution >= 4 is 135 Å². The molecule has 13 aromatic rings. The van der Waals surface area contributed by atoms with Crippen molar-refractivity contribution in [1.29, 1.82) is 0 Å². The number of hydrogen-bond acceptors (Lipinski definition) is 5. The first-order valence-electron chi connectivity index (χ1n) is 22.6. The number of hydrogen-bond donors (Lipinski definition) is 0. The zero-order chi connectivity index (χ0) is 44.3. The summed E-state index contributed by atoms with van der Waals surface area (Å²) in [5.74, 6) is 0. The fraction of sp³-hybridized carbons (Fsp3) is 0.0667. The first-order chi connectivity index (χ1) is 32.2. The molecule has 0 fully saturated rings. The van der Waals surface area contributed by atoms with E-state index in [0.717, 1.165) is 121 Å². The van der Waals surface area contributed by atoms with E-state index in [2.05, 4.69) is 212 Å². The van der Waals surface area contributed by atoms with Gasteiger partial charge in [-0.25, -0.2) is 0 Å². The topological polar surface area (TPSA) is 45.9 Å². The van der Waals surface area contributed by atoms with Crippen molar-refractivity contribution in [2.45, 2.75) is 26.6 Å². The minimum Gasteiger partial charge on any atom is -0.456 e. The van der Waals surface area contributed by atoms with E-state index in [4.69, 9.17) is 13.3 Å². The highest BCUT2D eigenvalue weighted by Gasteiger charge is 2.23. The van der Waals surface area contributed by atoms with Crippen LogP contribution in [-0.2, 0) is 0 Å². The third kappa shape index (κ3) is 6.13. The van der Waals surface area contributed by atoms with Crippen molar-refractivity contribution in [3.05, 3.63) is 200 Å². The van der Waals surface area contributed by atoms with Gasteiger partial charge >= 0.3 is 0 Å². The normalized spacial score (nSPS) is 12.2. The highest BCUT2D eigenvalue weighted by atomic mass is 28.3. The Kier molecular flexibility index (Phi) is 8.42. The Balaban J connectivity index is 0.966. The van der Waals surface area contributed by atoms with Crippen molar-refractivity contribution in [3.8, 4) is 0 Å². The van der Waals surface area contributed by atoms with Gasteiger partial charge in [-0.1, -0.05) is 127 Å². The Morgan fingerprint density at radius 2 is 0.773 bits per heavy atom. The van der Waals surface area contributed by atoms with Gasteiger partial charge < -0.3 is 23.1 Å². The lowest BCUT2D eigenvalue weighted by Crippen LogP contribution is -2.37. The Hall–Kier alpha value is -8.06. The molecule has 0 radical (unpaired) electrons. The molecule has 6 heteroatoms. The Morgan fingerprint density at radius 1 is 0.333 bits per heavy atom. The smallest absolute Gasteiger partial charge is 0.159 e. The van der Waals surface area contributed by atoms with Gasteiger partial charge in [-0.3, -0.25) is 0 Å². The number of fused-ring (bicyclic) bond motifs is 11. The van der Waals surface area contributed by atoms with Crippen LogP contribution < -0.4 is 15.0 Å². The average Bonchev–Trinajstić information content (AvgIpc) is 4.02. The molecule has 0 unspecified atom stereocenters. The number of furan rings is 3. The number of rotatable bonds is 7. The van der Waals surface area contributed by atoms with Gasteiger partial charge in [0.1, 0.15) is 22.3 Å². The summed E-state index contributed by atoms with van der Waals surface area (Å²) < 4.78 is 19.9. The molecule has 0 saturated carbocycles. The number of para-hydroxylation sites is 4. The van der Waals surface area contributed by atoms with Crippen LogP contribution in [0.5, 0.6) is 0 Å². The second-order valence-electron chi connectivity index (χ2n) is 18.7. The van der Waals surface area contributed by atoms with Crippen LogP contribution in [-0.4, -0.2) is 8.07 Å². The molecule has 66 heavy (non-hydrogen) atoms. The van der Waals surface area contributed by atoms with Crippen LogP contribution in [0.2, 0.25) is 19.6 Å². The molecule has 13 rings (SSSR count). The van der Waals surface area contributed by atoms with Crippen molar-refractivity contribution < 1.29 is 13.3 Å². The van der Waals surface area contributed by atoms with Crippen LogP contribution in [0.1, 0.15) is 5.56 Å². The Bertz CT molecular complexity index is 4060. The molecule has 0 spiro atoms. The van der Waals surface area contributed by atoms with Gasteiger partial charge in [0.05, 0.1) is 19.4 Å². The maximum absolute atomic E-state index is 6.66. The molecule has 0 bridgehead atoms. The first-order valence-corrected chi connectivity index (χ1v) is 26.1. The molecule has 0 aliphatic heterocycles. The fourth-order valence-corrected chi connectivity index (χ4v) is 11.2. The Labute approximate surface area is 382 Å². The molecule has 0 amide bonds. The molecule has 0 atom stereocenters. The molecule has 5 nitrogen and oxygen atoms in total. The van der Waals surface area contributed by atoms with Gasteiger partial charge in [-0.05, 0) is 126 Å². The van der Waals surface area contributed by atoms with Crippen molar-refractivity contribution in [1.82, 2.24) is 0 Å². The quantitative estimate of drug-likeness (QED) is 0.149.